The number of benzene rings is 1. The number of allylic oxidation sites excluding steroid dienone is 4. The summed E-state index contributed by atoms with van der Waals surface area (Å²) in [5.74, 6) is -0.307. The third-order valence-electron chi connectivity index (χ3n) is 2.71. The average Bonchev–Trinajstić information content (AvgIpc) is 2.33. The van der Waals surface area contributed by atoms with E-state index in [-0.39, 0.29) is 11.7 Å². The lowest BCUT2D eigenvalue weighted by Crippen LogP contribution is -2.20. The highest BCUT2D eigenvalue weighted by Gasteiger charge is 2.22. The molecule has 0 saturated carbocycles. The van der Waals surface area contributed by atoms with Gasteiger partial charge in [-0.1, -0.05) is 42.5 Å². The maximum absolute atomic E-state index is 11.7. The van der Waals surface area contributed by atoms with Crippen LogP contribution in [0.3, 0.4) is 0 Å². The molecule has 0 saturated heterocycles. The Balaban J connectivity index is 2.21. The van der Waals surface area contributed by atoms with E-state index in [9.17, 15) is 9.59 Å². The van der Waals surface area contributed by atoms with Crippen LogP contribution in [-0.4, -0.2) is 12.1 Å². The van der Waals surface area contributed by atoms with Gasteiger partial charge in [0.2, 0.25) is 0 Å². The Labute approximate surface area is 94.3 Å². The Morgan fingerprint density at radius 2 is 1.94 bits per heavy atom. The molecule has 2 nitrogen and oxygen atoms in total. The summed E-state index contributed by atoms with van der Waals surface area (Å²) in [6, 6.07) is 9.73. The summed E-state index contributed by atoms with van der Waals surface area (Å²) >= 11 is 0. The predicted molar refractivity (Wildman–Crippen MR) is 61.9 cm³/mol. The first-order valence-electron chi connectivity index (χ1n) is 5.22. The molecule has 0 radical (unpaired) electrons. The fraction of sp³-hybridized carbons (Fsp3) is 0.143. The van der Waals surface area contributed by atoms with Gasteiger partial charge in [-0.25, -0.2) is 0 Å². The second-order valence-corrected chi connectivity index (χ2v) is 3.79. The smallest absolute Gasteiger partial charge is 0.163 e. The first-order chi connectivity index (χ1) is 7.81. The normalized spacial score (nSPS) is 19.4. The average molecular weight is 212 g/mol. The van der Waals surface area contributed by atoms with Crippen molar-refractivity contribution in [2.75, 3.05) is 0 Å². The van der Waals surface area contributed by atoms with Crippen LogP contribution in [0.5, 0.6) is 0 Å². The summed E-state index contributed by atoms with van der Waals surface area (Å²) < 4.78 is 0. The topological polar surface area (TPSA) is 34.1 Å². The first kappa shape index (κ1) is 10.6. The van der Waals surface area contributed by atoms with Gasteiger partial charge in [-0.15, -0.1) is 0 Å². The summed E-state index contributed by atoms with van der Waals surface area (Å²) in [7, 11) is 0. The Hall–Kier alpha value is -1.96. The van der Waals surface area contributed by atoms with Crippen molar-refractivity contribution in [2.24, 2.45) is 5.92 Å². The number of hydrogen-bond donors (Lipinski definition) is 0. The van der Waals surface area contributed by atoms with Crippen molar-refractivity contribution in [3.05, 3.63) is 59.7 Å². The summed E-state index contributed by atoms with van der Waals surface area (Å²) in [6.45, 7) is 0. The zero-order valence-electron chi connectivity index (χ0n) is 8.80. The van der Waals surface area contributed by atoms with Crippen molar-refractivity contribution in [3.63, 3.8) is 0 Å². The molecule has 0 fully saturated rings. The lowest BCUT2D eigenvalue weighted by atomic mass is 9.86. The number of ketones is 1. The van der Waals surface area contributed by atoms with E-state index in [1.165, 1.54) is 6.08 Å². The van der Waals surface area contributed by atoms with Crippen LogP contribution in [0.1, 0.15) is 5.56 Å². The Kier molecular flexibility index (Phi) is 3.10. The van der Waals surface area contributed by atoms with Gasteiger partial charge >= 0.3 is 0 Å². The van der Waals surface area contributed by atoms with Crippen LogP contribution in [0.25, 0.3) is 0 Å². The standard InChI is InChI=1S/C14H12O2/c15-10-12-7-4-8-14(16)13(12)9-11-5-2-1-3-6-11/h1-8,10,13H,9H2. The van der Waals surface area contributed by atoms with Gasteiger partial charge in [0, 0.05) is 5.57 Å². The van der Waals surface area contributed by atoms with Gasteiger partial charge in [-0.2, -0.15) is 0 Å². The van der Waals surface area contributed by atoms with Crippen molar-refractivity contribution >= 4 is 12.1 Å². The number of hydrogen-bond acceptors (Lipinski definition) is 2. The van der Waals surface area contributed by atoms with Crippen molar-refractivity contribution < 1.29 is 9.59 Å². The molecule has 1 aliphatic carbocycles. The lowest BCUT2D eigenvalue weighted by molar-refractivity contribution is -0.118. The molecule has 0 N–H and O–H groups in total. The Morgan fingerprint density at radius 1 is 1.19 bits per heavy atom. The summed E-state index contributed by atoms with van der Waals surface area (Å²) in [4.78, 5) is 22.5. The van der Waals surface area contributed by atoms with Crippen molar-refractivity contribution in [1.29, 1.82) is 0 Å². The quantitative estimate of drug-likeness (QED) is 0.719. The zero-order valence-corrected chi connectivity index (χ0v) is 8.80. The summed E-state index contributed by atoms with van der Waals surface area (Å²) in [6.07, 6.45) is 6.24. The van der Waals surface area contributed by atoms with Crippen molar-refractivity contribution in [1.82, 2.24) is 0 Å². The van der Waals surface area contributed by atoms with Crippen LogP contribution in [0, 0.1) is 5.92 Å². The molecule has 0 spiro atoms. The number of carbonyl (C=O) groups excluding carboxylic acids is 2. The number of rotatable bonds is 3. The van der Waals surface area contributed by atoms with Gasteiger partial charge in [-0.05, 0) is 18.1 Å². The van der Waals surface area contributed by atoms with E-state index in [0.717, 1.165) is 11.8 Å². The monoisotopic (exact) mass is 212 g/mol. The molecule has 80 valence electrons. The molecule has 2 heteroatoms. The van der Waals surface area contributed by atoms with Crippen molar-refractivity contribution in [2.45, 2.75) is 6.42 Å². The molecule has 0 bridgehead atoms. The largest absolute Gasteiger partial charge is 0.298 e. The van der Waals surface area contributed by atoms with E-state index in [1.807, 2.05) is 30.3 Å². The molecule has 1 aliphatic rings. The van der Waals surface area contributed by atoms with Gasteiger partial charge < -0.3 is 0 Å². The molecule has 1 aromatic carbocycles. The second kappa shape index (κ2) is 4.71. The molecule has 0 aromatic heterocycles. The summed E-state index contributed by atoms with van der Waals surface area (Å²) in [5.41, 5.74) is 1.64. The molecule has 1 atom stereocenters. The van der Waals surface area contributed by atoms with Gasteiger partial charge in [0.05, 0.1) is 5.92 Å². The maximum atomic E-state index is 11.7. The van der Waals surface area contributed by atoms with E-state index in [1.54, 1.807) is 12.2 Å². The minimum Gasteiger partial charge on any atom is -0.298 e. The summed E-state index contributed by atoms with van der Waals surface area (Å²) in [5, 5.41) is 0. The Bertz CT molecular complexity index is 455. The molecular weight excluding hydrogens is 200 g/mol. The van der Waals surface area contributed by atoms with E-state index in [4.69, 9.17) is 0 Å². The maximum Gasteiger partial charge on any atom is 0.163 e. The fourth-order valence-electron chi connectivity index (χ4n) is 1.84. The lowest BCUT2D eigenvalue weighted by Gasteiger charge is -2.16. The molecule has 0 amide bonds. The SMILES string of the molecule is O=CC1=CC=CC(=O)C1Cc1ccccc1. The number of aldehydes is 1. The third-order valence-corrected chi connectivity index (χ3v) is 2.71. The number of carbonyl (C=O) groups is 2. The Morgan fingerprint density at radius 3 is 2.62 bits per heavy atom. The van der Waals surface area contributed by atoms with E-state index in [0.29, 0.717) is 12.0 Å². The third kappa shape index (κ3) is 2.16. The second-order valence-electron chi connectivity index (χ2n) is 3.79. The van der Waals surface area contributed by atoms with E-state index >= 15 is 0 Å². The van der Waals surface area contributed by atoms with Crippen molar-refractivity contribution in [3.8, 4) is 0 Å². The van der Waals surface area contributed by atoms with E-state index in [2.05, 4.69) is 0 Å². The molecule has 0 aliphatic heterocycles. The van der Waals surface area contributed by atoms with Gasteiger partial charge in [0.1, 0.15) is 6.29 Å². The highest BCUT2D eigenvalue weighted by molar-refractivity contribution is 6.00. The first-order valence-corrected chi connectivity index (χ1v) is 5.22. The highest BCUT2D eigenvalue weighted by atomic mass is 16.1. The van der Waals surface area contributed by atoms with Crippen LogP contribution in [0.15, 0.2) is 54.1 Å². The van der Waals surface area contributed by atoms with Crippen LogP contribution in [0.4, 0.5) is 0 Å². The minimum atomic E-state index is -0.315. The van der Waals surface area contributed by atoms with Crippen LogP contribution in [-0.2, 0) is 16.0 Å². The van der Waals surface area contributed by atoms with Crippen LogP contribution < -0.4 is 0 Å². The van der Waals surface area contributed by atoms with Crippen LogP contribution in [0.2, 0.25) is 0 Å². The molecular formula is C14H12O2. The minimum absolute atomic E-state index is 0.00783. The molecule has 1 aromatic rings. The fourth-order valence-corrected chi connectivity index (χ4v) is 1.84. The predicted octanol–water partition coefficient (Wildman–Crippen LogP) is 2.11. The highest BCUT2D eigenvalue weighted by Crippen LogP contribution is 2.20. The van der Waals surface area contributed by atoms with Crippen LogP contribution >= 0.6 is 0 Å². The van der Waals surface area contributed by atoms with Gasteiger partial charge in [-0.3, -0.25) is 9.59 Å². The van der Waals surface area contributed by atoms with Gasteiger partial charge in [0.25, 0.3) is 0 Å². The van der Waals surface area contributed by atoms with E-state index < -0.39 is 0 Å². The molecule has 16 heavy (non-hydrogen) atoms. The molecule has 1 unspecified atom stereocenters. The molecule has 2 rings (SSSR count). The van der Waals surface area contributed by atoms with Gasteiger partial charge in [0.15, 0.2) is 5.78 Å². The zero-order chi connectivity index (χ0) is 11.4. The molecule has 0 heterocycles.